The van der Waals surface area contributed by atoms with Gasteiger partial charge in [-0.05, 0) is 44.5 Å². The van der Waals surface area contributed by atoms with Gasteiger partial charge in [0.25, 0.3) is 0 Å². The standard InChI is InChI=1S/C14H20N2/c1-4-7-15-9-13-11(3)16-14-6-5-10(2)8-12(13)14/h5-6,8,15-16H,4,7,9H2,1-3H3. The van der Waals surface area contributed by atoms with Crippen molar-refractivity contribution in [2.75, 3.05) is 6.54 Å². The van der Waals surface area contributed by atoms with Crippen molar-refractivity contribution in [3.05, 3.63) is 35.0 Å². The fourth-order valence-electron chi connectivity index (χ4n) is 2.11. The molecule has 0 aliphatic carbocycles. The predicted octanol–water partition coefficient (Wildman–Crippen LogP) is 3.28. The SMILES string of the molecule is CCCNCc1c(C)[nH]c2ccc(C)cc12. The molecule has 1 aromatic heterocycles. The lowest BCUT2D eigenvalue weighted by Gasteiger charge is -2.03. The molecule has 0 aliphatic heterocycles. The summed E-state index contributed by atoms with van der Waals surface area (Å²) in [5.74, 6) is 0. The van der Waals surface area contributed by atoms with Crippen molar-refractivity contribution in [2.24, 2.45) is 0 Å². The summed E-state index contributed by atoms with van der Waals surface area (Å²) in [5.41, 5.74) is 5.26. The Balaban J connectivity index is 2.34. The molecule has 16 heavy (non-hydrogen) atoms. The van der Waals surface area contributed by atoms with Crippen molar-refractivity contribution in [1.82, 2.24) is 10.3 Å². The van der Waals surface area contributed by atoms with E-state index in [0.717, 1.165) is 13.1 Å². The van der Waals surface area contributed by atoms with Crippen molar-refractivity contribution in [3.8, 4) is 0 Å². The number of hydrogen-bond donors (Lipinski definition) is 2. The average Bonchev–Trinajstić information content (AvgIpc) is 2.56. The van der Waals surface area contributed by atoms with Crippen LogP contribution in [0.15, 0.2) is 18.2 Å². The first-order valence-electron chi connectivity index (χ1n) is 6.01. The molecule has 0 spiro atoms. The summed E-state index contributed by atoms with van der Waals surface area (Å²) in [7, 11) is 0. The van der Waals surface area contributed by atoms with Gasteiger partial charge in [0.1, 0.15) is 0 Å². The molecule has 0 aliphatic rings. The Hall–Kier alpha value is -1.28. The summed E-state index contributed by atoms with van der Waals surface area (Å²) < 4.78 is 0. The molecule has 2 aromatic rings. The third-order valence-electron chi connectivity index (χ3n) is 3.00. The van der Waals surface area contributed by atoms with Gasteiger partial charge in [0.05, 0.1) is 0 Å². The second-order valence-electron chi connectivity index (χ2n) is 4.45. The highest BCUT2D eigenvalue weighted by molar-refractivity contribution is 5.85. The molecule has 2 nitrogen and oxygen atoms in total. The molecule has 0 amide bonds. The van der Waals surface area contributed by atoms with Crippen LogP contribution < -0.4 is 5.32 Å². The molecule has 0 saturated carbocycles. The van der Waals surface area contributed by atoms with Gasteiger partial charge in [-0.15, -0.1) is 0 Å². The van der Waals surface area contributed by atoms with Crippen LogP contribution in [0.25, 0.3) is 10.9 Å². The Morgan fingerprint density at radius 2 is 2.06 bits per heavy atom. The molecule has 1 heterocycles. The van der Waals surface area contributed by atoms with Crippen molar-refractivity contribution in [1.29, 1.82) is 0 Å². The number of nitrogens with one attached hydrogen (secondary N) is 2. The minimum absolute atomic E-state index is 0.961. The molecule has 0 radical (unpaired) electrons. The van der Waals surface area contributed by atoms with Gasteiger partial charge in [-0.1, -0.05) is 18.6 Å². The second kappa shape index (κ2) is 4.71. The number of rotatable bonds is 4. The highest BCUT2D eigenvalue weighted by Crippen LogP contribution is 2.23. The van der Waals surface area contributed by atoms with Crippen LogP contribution in [0.4, 0.5) is 0 Å². The Kier molecular flexibility index (Phi) is 3.30. The fourth-order valence-corrected chi connectivity index (χ4v) is 2.11. The zero-order chi connectivity index (χ0) is 11.5. The molecule has 1 aromatic carbocycles. The van der Waals surface area contributed by atoms with Gasteiger partial charge >= 0.3 is 0 Å². The quantitative estimate of drug-likeness (QED) is 0.754. The minimum Gasteiger partial charge on any atom is -0.358 e. The normalized spacial score (nSPS) is 11.2. The molecule has 2 N–H and O–H groups in total. The fraction of sp³-hybridized carbons (Fsp3) is 0.429. The van der Waals surface area contributed by atoms with Crippen molar-refractivity contribution in [3.63, 3.8) is 0 Å². The van der Waals surface area contributed by atoms with E-state index in [-0.39, 0.29) is 0 Å². The van der Waals surface area contributed by atoms with Crippen LogP contribution in [0.2, 0.25) is 0 Å². The van der Waals surface area contributed by atoms with Crippen LogP contribution in [-0.4, -0.2) is 11.5 Å². The van der Waals surface area contributed by atoms with Crippen LogP contribution in [0.1, 0.15) is 30.2 Å². The van der Waals surface area contributed by atoms with Crippen LogP contribution in [0.5, 0.6) is 0 Å². The second-order valence-corrected chi connectivity index (χ2v) is 4.45. The lowest BCUT2D eigenvalue weighted by atomic mass is 10.1. The predicted molar refractivity (Wildman–Crippen MR) is 69.8 cm³/mol. The highest BCUT2D eigenvalue weighted by atomic mass is 14.9. The maximum absolute atomic E-state index is 3.47. The Morgan fingerprint density at radius 1 is 1.25 bits per heavy atom. The summed E-state index contributed by atoms with van der Waals surface area (Å²) in [6, 6.07) is 6.59. The van der Waals surface area contributed by atoms with Crippen LogP contribution in [-0.2, 0) is 6.54 Å². The minimum atomic E-state index is 0.961. The van der Waals surface area contributed by atoms with Gasteiger partial charge in [-0.2, -0.15) is 0 Å². The number of fused-ring (bicyclic) bond motifs is 1. The number of aromatic nitrogens is 1. The number of benzene rings is 1. The van der Waals surface area contributed by atoms with Crippen molar-refractivity contribution in [2.45, 2.75) is 33.7 Å². The van der Waals surface area contributed by atoms with Gasteiger partial charge in [-0.3, -0.25) is 0 Å². The van der Waals surface area contributed by atoms with Crippen LogP contribution >= 0.6 is 0 Å². The molecular formula is C14H20N2. The Bertz CT molecular complexity index is 483. The Morgan fingerprint density at radius 3 is 2.81 bits per heavy atom. The maximum atomic E-state index is 3.47. The van der Waals surface area contributed by atoms with Gasteiger partial charge in [0.15, 0.2) is 0 Å². The van der Waals surface area contributed by atoms with E-state index in [9.17, 15) is 0 Å². The molecule has 2 rings (SSSR count). The largest absolute Gasteiger partial charge is 0.358 e. The molecule has 0 fully saturated rings. The van der Waals surface area contributed by atoms with E-state index in [1.54, 1.807) is 0 Å². The van der Waals surface area contributed by atoms with Crippen molar-refractivity contribution < 1.29 is 0 Å². The number of H-pyrrole nitrogens is 1. The summed E-state index contributed by atoms with van der Waals surface area (Å²) in [4.78, 5) is 3.44. The topological polar surface area (TPSA) is 27.8 Å². The summed E-state index contributed by atoms with van der Waals surface area (Å²) in [5, 5.41) is 4.83. The molecule has 2 heteroatoms. The van der Waals surface area contributed by atoms with Crippen LogP contribution in [0.3, 0.4) is 0 Å². The Labute approximate surface area is 97.1 Å². The number of hydrogen-bond acceptors (Lipinski definition) is 1. The zero-order valence-corrected chi connectivity index (χ0v) is 10.4. The molecule has 0 unspecified atom stereocenters. The third kappa shape index (κ3) is 2.12. The van der Waals surface area contributed by atoms with E-state index in [1.165, 1.54) is 34.1 Å². The average molecular weight is 216 g/mol. The first kappa shape index (κ1) is 11.2. The number of aryl methyl sites for hydroxylation is 2. The van der Waals surface area contributed by atoms with E-state index in [2.05, 4.69) is 49.3 Å². The van der Waals surface area contributed by atoms with E-state index in [4.69, 9.17) is 0 Å². The van der Waals surface area contributed by atoms with Crippen molar-refractivity contribution >= 4 is 10.9 Å². The first-order chi connectivity index (χ1) is 7.72. The monoisotopic (exact) mass is 216 g/mol. The van der Waals surface area contributed by atoms with Gasteiger partial charge in [0.2, 0.25) is 0 Å². The molecular weight excluding hydrogens is 196 g/mol. The zero-order valence-electron chi connectivity index (χ0n) is 10.4. The molecule has 0 atom stereocenters. The van der Waals surface area contributed by atoms with Gasteiger partial charge in [0, 0.05) is 23.1 Å². The third-order valence-corrected chi connectivity index (χ3v) is 3.00. The van der Waals surface area contributed by atoms with E-state index in [1.807, 2.05) is 0 Å². The lowest BCUT2D eigenvalue weighted by molar-refractivity contribution is 0.675. The lowest BCUT2D eigenvalue weighted by Crippen LogP contribution is -2.14. The van der Waals surface area contributed by atoms with E-state index < -0.39 is 0 Å². The van der Waals surface area contributed by atoms with Crippen LogP contribution in [0, 0.1) is 13.8 Å². The van der Waals surface area contributed by atoms with E-state index >= 15 is 0 Å². The molecule has 86 valence electrons. The highest BCUT2D eigenvalue weighted by Gasteiger charge is 2.07. The summed E-state index contributed by atoms with van der Waals surface area (Å²) in [6.45, 7) is 8.53. The summed E-state index contributed by atoms with van der Waals surface area (Å²) >= 11 is 0. The molecule has 0 saturated heterocycles. The molecule has 0 bridgehead atoms. The maximum Gasteiger partial charge on any atom is 0.0459 e. The first-order valence-corrected chi connectivity index (χ1v) is 6.01. The smallest absolute Gasteiger partial charge is 0.0459 e. The van der Waals surface area contributed by atoms with E-state index in [0.29, 0.717) is 0 Å². The van der Waals surface area contributed by atoms with Gasteiger partial charge < -0.3 is 10.3 Å². The number of aromatic amines is 1. The van der Waals surface area contributed by atoms with Gasteiger partial charge in [-0.25, -0.2) is 0 Å². The summed E-state index contributed by atoms with van der Waals surface area (Å²) in [6.07, 6.45) is 1.18.